The minimum absolute atomic E-state index is 0.711. The van der Waals surface area contributed by atoms with Gasteiger partial charge in [-0.15, -0.1) is 0 Å². The summed E-state index contributed by atoms with van der Waals surface area (Å²) in [6.45, 7) is 0. The van der Waals surface area contributed by atoms with E-state index >= 15 is 0 Å². The molecule has 0 N–H and O–H groups in total. The topological polar surface area (TPSA) is 36.9 Å². The third-order valence-electron chi connectivity index (χ3n) is 4.06. The summed E-state index contributed by atoms with van der Waals surface area (Å²) < 4.78 is 21.4. The molecule has 0 spiro atoms. The van der Waals surface area contributed by atoms with Crippen LogP contribution in [0.2, 0.25) is 0 Å². The molecular weight excluding hydrogens is 304 g/mol. The number of benzene rings is 3. The molecule has 0 saturated heterocycles. The second-order valence-corrected chi connectivity index (χ2v) is 5.34. The predicted molar refractivity (Wildman–Crippen MR) is 95.6 cm³/mol. The molecule has 3 aromatic rings. The standard InChI is InChI=1S/C20H20O4/c1-21-17-8-7-14(10-18(17)22-2)13-5-6-15-11-19(23-3)20(24-4)12-16(15)9-13/h5-12H,1-4H3. The van der Waals surface area contributed by atoms with E-state index in [1.54, 1.807) is 28.4 Å². The van der Waals surface area contributed by atoms with Crippen LogP contribution >= 0.6 is 0 Å². The normalized spacial score (nSPS) is 10.5. The fraction of sp³-hybridized carbons (Fsp3) is 0.200. The van der Waals surface area contributed by atoms with Gasteiger partial charge in [0.05, 0.1) is 28.4 Å². The highest BCUT2D eigenvalue weighted by Gasteiger charge is 2.09. The number of hydrogen-bond acceptors (Lipinski definition) is 4. The molecule has 4 heteroatoms. The maximum atomic E-state index is 5.40. The fourth-order valence-electron chi connectivity index (χ4n) is 2.77. The van der Waals surface area contributed by atoms with Crippen molar-refractivity contribution in [3.05, 3.63) is 48.5 Å². The van der Waals surface area contributed by atoms with E-state index in [2.05, 4.69) is 18.2 Å². The van der Waals surface area contributed by atoms with Crippen LogP contribution < -0.4 is 18.9 Å². The predicted octanol–water partition coefficient (Wildman–Crippen LogP) is 4.54. The molecule has 0 saturated carbocycles. The molecule has 0 bridgehead atoms. The Labute approximate surface area is 141 Å². The van der Waals surface area contributed by atoms with Crippen LogP contribution in [0.5, 0.6) is 23.0 Å². The molecule has 0 aromatic heterocycles. The average molecular weight is 324 g/mol. The highest BCUT2D eigenvalue weighted by molar-refractivity contribution is 5.90. The Morgan fingerprint density at radius 1 is 0.458 bits per heavy atom. The summed E-state index contributed by atoms with van der Waals surface area (Å²) >= 11 is 0. The summed E-state index contributed by atoms with van der Waals surface area (Å²) in [6.07, 6.45) is 0. The first-order valence-corrected chi connectivity index (χ1v) is 7.58. The first kappa shape index (κ1) is 16.0. The zero-order valence-electron chi connectivity index (χ0n) is 14.3. The Bertz CT molecular complexity index is 871. The average Bonchev–Trinajstić information content (AvgIpc) is 2.65. The van der Waals surface area contributed by atoms with Crippen molar-refractivity contribution in [1.82, 2.24) is 0 Å². The van der Waals surface area contributed by atoms with Crippen molar-refractivity contribution in [2.75, 3.05) is 28.4 Å². The second-order valence-electron chi connectivity index (χ2n) is 5.34. The van der Waals surface area contributed by atoms with Crippen LogP contribution in [0.4, 0.5) is 0 Å². The van der Waals surface area contributed by atoms with Gasteiger partial charge in [0, 0.05) is 0 Å². The van der Waals surface area contributed by atoms with E-state index in [0.717, 1.165) is 33.4 Å². The van der Waals surface area contributed by atoms with Crippen LogP contribution in [0, 0.1) is 0 Å². The molecule has 3 aromatic carbocycles. The molecule has 0 radical (unpaired) electrons. The minimum Gasteiger partial charge on any atom is -0.493 e. The molecule has 0 fully saturated rings. The van der Waals surface area contributed by atoms with Crippen molar-refractivity contribution < 1.29 is 18.9 Å². The van der Waals surface area contributed by atoms with Gasteiger partial charge in [0.25, 0.3) is 0 Å². The number of methoxy groups -OCH3 is 4. The lowest BCUT2D eigenvalue weighted by atomic mass is 10.0. The Morgan fingerprint density at radius 2 is 0.958 bits per heavy atom. The minimum atomic E-state index is 0.711. The molecule has 0 aliphatic rings. The van der Waals surface area contributed by atoms with Crippen molar-refractivity contribution in [3.63, 3.8) is 0 Å². The lowest BCUT2D eigenvalue weighted by Crippen LogP contribution is -1.92. The number of rotatable bonds is 5. The van der Waals surface area contributed by atoms with Gasteiger partial charge < -0.3 is 18.9 Å². The highest BCUT2D eigenvalue weighted by Crippen LogP contribution is 2.36. The van der Waals surface area contributed by atoms with Crippen molar-refractivity contribution in [2.45, 2.75) is 0 Å². The van der Waals surface area contributed by atoms with Gasteiger partial charge in [-0.1, -0.05) is 18.2 Å². The highest BCUT2D eigenvalue weighted by atomic mass is 16.5. The van der Waals surface area contributed by atoms with Gasteiger partial charge in [-0.05, 0) is 52.2 Å². The third-order valence-corrected chi connectivity index (χ3v) is 4.06. The van der Waals surface area contributed by atoms with Crippen LogP contribution in [0.3, 0.4) is 0 Å². The molecule has 0 aliphatic carbocycles. The van der Waals surface area contributed by atoms with E-state index < -0.39 is 0 Å². The molecule has 0 heterocycles. The van der Waals surface area contributed by atoms with E-state index in [-0.39, 0.29) is 0 Å². The summed E-state index contributed by atoms with van der Waals surface area (Å²) in [6, 6.07) is 16.1. The third kappa shape index (κ3) is 2.83. The molecule has 0 amide bonds. The molecule has 0 aliphatic heterocycles. The quantitative estimate of drug-likeness (QED) is 0.690. The van der Waals surface area contributed by atoms with Gasteiger partial charge in [0.15, 0.2) is 23.0 Å². The molecule has 0 unspecified atom stereocenters. The lowest BCUT2D eigenvalue weighted by Gasteiger charge is -2.12. The fourth-order valence-corrected chi connectivity index (χ4v) is 2.77. The van der Waals surface area contributed by atoms with Crippen molar-refractivity contribution >= 4 is 10.8 Å². The van der Waals surface area contributed by atoms with Crippen LogP contribution in [0.1, 0.15) is 0 Å². The molecule has 124 valence electrons. The number of fused-ring (bicyclic) bond motifs is 1. The van der Waals surface area contributed by atoms with E-state index in [1.165, 1.54) is 0 Å². The molecule has 24 heavy (non-hydrogen) atoms. The van der Waals surface area contributed by atoms with E-state index in [0.29, 0.717) is 11.5 Å². The smallest absolute Gasteiger partial charge is 0.161 e. The van der Waals surface area contributed by atoms with Crippen molar-refractivity contribution in [1.29, 1.82) is 0 Å². The van der Waals surface area contributed by atoms with Gasteiger partial charge in [-0.25, -0.2) is 0 Å². The summed E-state index contributed by atoms with van der Waals surface area (Å²) in [4.78, 5) is 0. The Balaban J connectivity index is 2.10. The second kappa shape index (κ2) is 6.71. The van der Waals surface area contributed by atoms with Gasteiger partial charge in [-0.3, -0.25) is 0 Å². The zero-order chi connectivity index (χ0) is 17.1. The van der Waals surface area contributed by atoms with Gasteiger partial charge >= 0.3 is 0 Å². The van der Waals surface area contributed by atoms with E-state index in [1.807, 2.05) is 30.3 Å². The first-order valence-electron chi connectivity index (χ1n) is 7.58. The van der Waals surface area contributed by atoms with Gasteiger partial charge in [-0.2, -0.15) is 0 Å². The SMILES string of the molecule is COc1ccc(-c2ccc3cc(OC)c(OC)cc3c2)cc1OC. The number of ether oxygens (including phenoxy) is 4. The van der Waals surface area contributed by atoms with Gasteiger partial charge in [0.2, 0.25) is 0 Å². The monoisotopic (exact) mass is 324 g/mol. The Morgan fingerprint density at radius 3 is 1.58 bits per heavy atom. The summed E-state index contributed by atoms with van der Waals surface area (Å²) in [7, 11) is 6.55. The largest absolute Gasteiger partial charge is 0.493 e. The summed E-state index contributed by atoms with van der Waals surface area (Å²) in [5.74, 6) is 2.87. The Hall–Kier alpha value is -2.88. The molecule has 4 nitrogen and oxygen atoms in total. The summed E-state index contributed by atoms with van der Waals surface area (Å²) in [5.41, 5.74) is 2.15. The van der Waals surface area contributed by atoms with Crippen LogP contribution in [0.15, 0.2) is 48.5 Å². The maximum Gasteiger partial charge on any atom is 0.161 e. The Kier molecular flexibility index (Phi) is 4.47. The first-order chi connectivity index (χ1) is 11.7. The van der Waals surface area contributed by atoms with Gasteiger partial charge in [0.1, 0.15) is 0 Å². The molecular formula is C20H20O4. The van der Waals surface area contributed by atoms with Crippen LogP contribution in [-0.4, -0.2) is 28.4 Å². The lowest BCUT2D eigenvalue weighted by molar-refractivity contribution is 0.355. The number of hydrogen-bond donors (Lipinski definition) is 0. The van der Waals surface area contributed by atoms with Crippen molar-refractivity contribution in [2.24, 2.45) is 0 Å². The van der Waals surface area contributed by atoms with Crippen LogP contribution in [0.25, 0.3) is 21.9 Å². The van der Waals surface area contributed by atoms with E-state index in [9.17, 15) is 0 Å². The maximum absolute atomic E-state index is 5.40. The van der Waals surface area contributed by atoms with E-state index in [4.69, 9.17) is 18.9 Å². The molecule has 0 atom stereocenters. The molecule has 3 rings (SSSR count). The summed E-state index contributed by atoms with van der Waals surface area (Å²) in [5, 5.41) is 2.18. The zero-order valence-corrected chi connectivity index (χ0v) is 14.3. The van der Waals surface area contributed by atoms with Crippen molar-refractivity contribution in [3.8, 4) is 34.1 Å². The van der Waals surface area contributed by atoms with Crippen LogP contribution in [-0.2, 0) is 0 Å².